The number of nitrogens with one attached hydrogen (secondary N) is 1. The van der Waals surface area contributed by atoms with Crippen LogP contribution in [0, 0.1) is 5.92 Å². The number of urea groups is 1. The number of benzene rings is 1. The van der Waals surface area contributed by atoms with Crippen molar-refractivity contribution in [2.45, 2.75) is 19.9 Å². The number of hydrogen-bond acceptors (Lipinski definition) is 5. The van der Waals surface area contributed by atoms with Gasteiger partial charge < -0.3 is 24.6 Å². The van der Waals surface area contributed by atoms with Crippen LogP contribution in [0.25, 0.3) is 0 Å². The van der Waals surface area contributed by atoms with Crippen molar-refractivity contribution in [1.82, 2.24) is 10.2 Å². The van der Waals surface area contributed by atoms with Gasteiger partial charge >= 0.3 is 12.0 Å². The van der Waals surface area contributed by atoms with Gasteiger partial charge in [0.25, 0.3) is 0 Å². The highest BCUT2D eigenvalue weighted by Crippen LogP contribution is 2.20. The topological polar surface area (TPSA) is 71.1 Å². The fraction of sp³-hybridized carbons (Fsp3) is 0.556. The molecule has 2 amide bonds. The number of carbonyl (C=O) groups excluding carboxylic acids is 2. The van der Waals surface area contributed by atoms with Crippen LogP contribution in [0.1, 0.15) is 13.8 Å². The lowest BCUT2D eigenvalue weighted by Crippen LogP contribution is -2.55. The Balaban J connectivity index is 1.90. The van der Waals surface area contributed by atoms with Gasteiger partial charge in [-0.15, -0.1) is 0 Å². The molecule has 25 heavy (non-hydrogen) atoms. The van der Waals surface area contributed by atoms with Crippen molar-refractivity contribution >= 4 is 17.7 Å². The van der Waals surface area contributed by atoms with E-state index in [2.05, 4.69) is 10.2 Å². The number of amides is 2. The van der Waals surface area contributed by atoms with Crippen LogP contribution in [0.4, 0.5) is 10.5 Å². The van der Waals surface area contributed by atoms with E-state index in [-0.39, 0.29) is 11.9 Å². The van der Waals surface area contributed by atoms with Crippen molar-refractivity contribution in [2.75, 3.05) is 45.3 Å². The molecule has 1 aromatic carbocycles. The van der Waals surface area contributed by atoms with Crippen molar-refractivity contribution < 1.29 is 19.1 Å². The van der Waals surface area contributed by atoms with E-state index in [1.165, 1.54) is 7.11 Å². The molecule has 1 atom stereocenters. The van der Waals surface area contributed by atoms with Crippen molar-refractivity contribution in [1.29, 1.82) is 0 Å². The molecular formula is C18H27N3O4. The molecule has 0 aromatic heterocycles. The Hall–Kier alpha value is -2.44. The smallest absolute Gasteiger partial charge is 0.328 e. The summed E-state index contributed by atoms with van der Waals surface area (Å²) in [5.74, 6) is 0.376. The molecule has 2 rings (SSSR count). The molecule has 0 aliphatic carbocycles. The first-order valence-corrected chi connectivity index (χ1v) is 8.48. The molecule has 0 spiro atoms. The zero-order valence-electron chi connectivity index (χ0n) is 15.3. The summed E-state index contributed by atoms with van der Waals surface area (Å²) in [6.07, 6.45) is 0. The van der Waals surface area contributed by atoms with E-state index < -0.39 is 12.0 Å². The summed E-state index contributed by atoms with van der Waals surface area (Å²) in [5, 5.41) is 2.78. The Morgan fingerprint density at radius 1 is 1.04 bits per heavy atom. The molecule has 1 unspecified atom stereocenters. The van der Waals surface area contributed by atoms with Gasteiger partial charge in [0, 0.05) is 31.9 Å². The van der Waals surface area contributed by atoms with E-state index in [0.717, 1.165) is 24.5 Å². The van der Waals surface area contributed by atoms with Gasteiger partial charge in [-0.2, -0.15) is 0 Å². The lowest BCUT2D eigenvalue weighted by molar-refractivity contribution is -0.144. The minimum atomic E-state index is -0.628. The standard InChI is InChI=1S/C18H27N3O4/c1-13(2)16(17(22)25-4)19-18(23)21-11-9-20(10-12-21)14-5-7-15(24-3)8-6-14/h5-8,13,16H,9-12H2,1-4H3,(H,19,23). The quantitative estimate of drug-likeness (QED) is 0.820. The third-order valence-electron chi connectivity index (χ3n) is 4.41. The van der Waals surface area contributed by atoms with Crippen LogP contribution >= 0.6 is 0 Å². The third-order valence-corrected chi connectivity index (χ3v) is 4.41. The molecule has 1 N–H and O–H groups in total. The predicted molar refractivity (Wildman–Crippen MR) is 96.0 cm³/mol. The maximum absolute atomic E-state index is 12.4. The van der Waals surface area contributed by atoms with Crippen molar-refractivity contribution in [3.05, 3.63) is 24.3 Å². The largest absolute Gasteiger partial charge is 0.497 e. The fourth-order valence-corrected chi connectivity index (χ4v) is 2.81. The number of methoxy groups -OCH3 is 2. The van der Waals surface area contributed by atoms with Crippen LogP contribution in [0.3, 0.4) is 0 Å². The molecule has 1 heterocycles. The number of carbonyl (C=O) groups is 2. The zero-order valence-corrected chi connectivity index (χ0v) is 15.3. The monoisotopic (exact) mass is 349 g/mol. The molecule has 1 saturated heterocycles. The molecule has 0 bridgehead atoms. The highest BCUT2D eigenvalue weighted by molar-refractivity contribution is 5.83. The Kier molecular flexibility index (Phi) is 6.50. The molecule has 7 heteroatoms. The van der Waals surface area contributed by atoms with Crippen molar-refractivity contribution in [3.8, 4) is 5.75 Å². The van der Waals surface area contributed by atoms with Gasteiger partial charge in [0.15, 0.2) is 0 Å². The van der Waals surface area contributed by atoms with Crippen LogP contribution < -0.4 is 15.0 Å². The Morgan fingerprint density at radius 2 is 1.64 bits per heavy atom. The Morgan fingerprint density at radius 3 is 2.12 bits per heavy atom. The molecule has 1 aliphatic heterocycles. The molecular weight excluding hydrogens is 322 g/mol. The minimum absolute atomic E-state index is 0.0306. The van der Waals surface area contributed by atoms with E-state index in [4.69, 9.17) is 9.47 Å². The third kappa shape index (κ3) is 4.78. The maximum Gasteiger partial charge on any atom is 0.328 e. The Bertz CT molecular complexity index is 580. The molecule has 0 radical (unpaired) electrons. The first-order chi connectivity index (χ1) is 12.0. The molecule has 138 valence electrons. The number of hydrogen-bond donors (Lipinski definition) is 1. The molecule has 1 aromatic rings. The van der Waals surface area contributed by atoms with Gasteiger partial charge in [0.2, 0.25) is 0 Å². The van der Waals surface area contributed by atoms with Gasteiger partial charge in [0.1, 0.15) is 11.8 Å². The number of esters is 1. The minimum Gasteiger partial charge on any atom is -0.497 e. The molecule has 7 nitrogen and oxygen atoms in total. The van der Waals surface area contributed by atoms with Crippen LogP contribution in [0.15, 0.2) is 24.3 Å². The number of ether oxygens (including phenoxy) is 2. The Labute approximate surface area is 148 Å². The average Bonchev–Trinajstić information content (AvgIpc) is 2.65. The number of piperazine rings is 1. The van der Waals surface area contributed by atoms with Gasteiger partial charge in [-0.1, -0.05) is 13.8 Å². The average molecular weight is 349 g/mol. The lowest BCUT2D eigenvalue weighted by Gasteiger charge is -2.36. The number of anilines is 1. The molecule has 1 fully saturated rings. The summed E-state index contributed by atoms with van der Waals surface area (Å²) in [6, 6.07) is 7.03. The SMILES string of the molecule is COC(=O)C(NC(=O)N1CCN(c2ccc(OC)cc2)CC1)C(C)C. The van der Waals surface area contributed by atoms with Crippen molar-refractivity contribution in [3.63, 3.8) is 0 Å². The van der Waals surface area contributed by atoms with Crippen LogP contribution in [-0.4, -0.2) is 63.3 Å². The predicted octanol–water partition coefficient (Wildman–Crippen LogP) is 1.72. The second-order valence-electron chi connectivity index (χ2n) is 6.37. The normalized spacial score (nSPS) is 15.7. The first kappa shape index (κ1) is 18.9. The van der Waals surface area contributed by atoms with Crippen molar-refractivity contribution in [2.24, 2.45) is 5.92 Å². The highest BCUT2D eigenvalue weighted by atomic mass is 16.5. The summed E-state index contributed by atoms with van der Waals surface area (Å²) in [7, 11) is 2.97. The van der Waals surface area contributed by atoms with Crippen LogP contribution in [0.2, 0.25) is 0 Å². The lowest BCUT2D eigenvalue weighted by atomic mass is 10.1. The summed E-state index contributed by atoms with van der Waals surface area (Å²) < 4.78 is 9.94. The summed E-state index contributed by atoms with van der Waals surface area (Å²) in [5.41, 5.74) is 1.11. The van der Waals surface area contributed by atoms with Gasteiger partial charge in [-0.3, -0.25) is 0 Å². The second-order valence-corrected chi connectivity index (χ2v) is 6.37. The summed E-state index contributed by atoms with van der Waals surface area (Å²) >= 11 is 0. The van der Waals surface area contributed by atoms with Crippen LogP contribution in [0.5, 0.6) is 5.75 Å². The van der Waals surface area contributed by atoms with Crippen LogP contribution in [-0.2, 0) is 9.53 Å². The van der Waals surface area contributed by atoms with E-state index >= 15 is 0 Å². The van der Waals surface area contributed by atoms with Gasteiger partial charge in [0.05, 0.1) is 14.2 Å². The summed E-state index contributed by atoms with van der Waals surface area (Å²) in [4.78, 5) is 28.2. The van der Waals surface area contributed by atoms with E-state index in [1.54, 1.807) is 12.0 Å². The maximum atomic E-state index is 12.4. The summed E-state index contributed by atoms with van der Waals surface area (Å²) in [6.45, 7) is 6.44. The molecule has 0 saturated carbocycles. The van der Waals surface area contributed by atoms with Gasteiger partial charge in [-0.25, -0.2) is 9.59 Å². The molecule has 1 aliphatic rings. The number of rotatable bonds is 5. The first-order valence-electron chi connectivity index (χ1n) is 8.48. The van der Waals surface area contributed by atoms with E-state index in [1.807, 2.05) is 38.1 Å². The van der Waals surface area contributed by atoms with E-state index in [9.17, 15) is 9.59 Å². The van der Waals surface area contributed by atoms with Gasteiger partial charge in [-0.05, 0) is 30.2 Å². The highest BCUT2D eigenvalue weighted by Gasteiger charge is 2.28. The number of nitrogens with zero attached hydrogens (tertiary/aromatic N) is 2. The zero-order chi connectivity index (χ0) is 18.4. The van der Waals surface area contributed by atoms with E-state index in [0.29, 0.717) is 13.1 Å². The fourth-order valence-electron chi connectivity index (χ4n) is 2.81. The second kappa shape index (κ2) is 8.60.